The second-order valence-corrected chi connectivity index (χ2v) is 8.51. The van der Waals surface area contributed by atoms with Crippen molar-refractivity contribution in [3.63, 3.8) is 0 Å². The van der Waals surface area contributed by atoms with Crippen LogP contribution in [0.3, 0.4) is 0 Å². The van der Waals surface area contributed by atoms with Crippen LogP contribution in [-0.2, 0) is 20.7 Å². The summed E-state index contributed by atoms with van der Waals surface area (Å²) in [5, 5.41) is 11.3. The maximum Gasteiger partial charge on any atom is 0.295 e. The van der Waals surface area contributed by atoms with E-state index in [1.165, 1.54) is 12.0 Å². The third-order valence-corrected chi connectivity index (χ3v) is 6.13. The number of aliphatic hydroxyl groups is 1. The Hall–Kier alpha value is -3.52. The molecule has 0 bridgehead atoms. The summed E-state index contributed by atoms with van der Waals surface area (Å²) in [5.41, 5.74) is 2.08. The number of hydrogen-bond acceptors (Lipinski definition) is 7. The Kier molecular flexibility index (Phi) is 7.31. The number of ketones is 1. The van der Waals surface area contributed by atoms with Crippen molar-refractivity contribution >= 4 is 17.4 Å². The highest BCUT2D eigenvalue weighted by atomic mass is 16.5. The van der Waals surface area contributed by atoms with E-state index in [9.17, 15) is 14.7 Å². The monoisotopic (exact) mass is 481 g/mol. The molecule has 8 heteroatoms. The Morgan fingerprint density at radius 3 is 2.54 bits per heavy atom. The lowest BCUT2D eigenvalue weighted by Gasteiger charge is -2.26. The molecular weight excluding hydrogens is 450 g/mol. The molecule has 0 radical (unpaired) electrons. The zero-order chi connectivity index (χ0) is 25.1. The summed E-state index contributed by atoms with van der Waals surface area (Å²) in [6.45, 7) is 7.04. The molecule has 2 atom stereocenters. The molecule has 8 nitrogen and oxygen atoms in total. The van der Waals surface area contributed by atoms with Crippen molar-refractivity contribution in [3.8, 4) is 17.2 Å². The third-order valence-electron chi connectivity index (χ3n) is 6.13. The summed E-state index contributed by atoms with van der Waals surface area (Å²) in [6, 6.07) is 9.81. The molecule has 2 unspecified atom stereocenters. The van der Waals surface area contributed by atoms with Crippen LogP contribution in [0, 0.1) is 0 Å². The standard InChI is InChI=1S/C27H31NO7/c1-5-33-21-10-7-17(15-22(21)34-6-2)24-23(26(30)27(31)28(24)11-12-32-4)25(29)18-8-9-20-19(14-18)13-16(3)35-20/h7-10,14-16,24,29H,5-6,11-13H2,1-4H3/b25-23+. The summed E-state index contributed by atoms with van der Waals surface area (Å²) >= 11 is 0. The number of Topliss-reactive ketones (excluding diaryl/α,β-unsaturated/α-hetero) is 1. The summed E-state index contributed by atoms with van der Waals surface area (Å²) in [7, 11) is 1.53. The van der Waals surface area contributed by atoms with Gasteiger partial charge in [0.1, 0.15) is 17.6 Å². The molecule has 35 heavy (non-hydrogen) atoms. The van der Waals surface area contributed by atoms with Gasteiger partial charge in [0.25, 0.3) is 11.7 Å². The lowest BCUT2D eigenvalue weighted by Crippen LogP contribution is -2.32. The molecule has 4 rings (SSSR count). The molecule has 0 aromatic heterocycles. The average molecular weight is 482 g/mol. The number of methoxy groups -OCH3 is 1. The zero-order valence-electron chi connectivity index (χ0n) is 20.5. The number of likely N-dealkylation sites (tertiary alicyclic amines) is 1. The van der Waals surface area contributed by atoms with Crippen molar-refractivity contribution in [2.45, 2.75) is 39.3 Å². The minimum Gasteiger partial charge on any atom is -0.507 e. The smallest absolute Gasteiger partial charge is 0.295 e. The molecule has 0 aliphatic carbocycles. The SMILES string of the molecule is CCOc1ccc(C2/C(=C(\O)c3ccc4c(c3)CC(C)O4)C(=O)C(=O)N2CCOC)cc1OCC. The second-order valence-electron chi connectivity index (χ2n) is 8.51. The highest BCUT2D eigenvalue weighted by molar-refractivity contribution is 6.46. The van der Waals surface area contributed by atoms with Crippen LogP contribution in [0.5, 0.6) is 17.2 Å². The number of nitrogens with zero attached hydrogens (tertiary/aromatic N) is 1. The van der Waals surface area contributed by atoms with Gasteiger partial charge < -0.3 is 29.0 Å². The maximum absolute atomic E-state index is 13.2. The highest BCUT2D eigenvalue weighted by Crippen LogP contribution is 2.42. The molecule has 2 aromatic carbocycles. The van der Waals surface area contributed by atoms with E-state index in [0.717, 1.165) is 11.3 Å². The van der Waals surface area contributed by atoms with Gasteiger partial charge in [0, 0.05) is 25.6 Å². The topological polar surface area (TPSA) is 94.5 Å². The second kappa shape index (κ2) is 10.4. The fourth-order valence-electron chi connectivity index (χ4n) is 4.61. The predicted molar refractivity (Wildman–Crippen MR) is 130 cm³/mol. The summed E-state index contributed by atoms with van der Waals surface area (Å²) in [4.78, 5) is 27.7. The molecular formula is C27H31NO7. The Balaban J connectivity index is 1.84. The number of benzene rings is 2. The Bertz CT molecular complexity index is 1160. The molecule has 1 amide bonds. The predicted octanol–water partition coefficient (Wildman–Crippen LogP) is 3.88. The summed E-state index contributed by atoms with van der Waals surface area (Å²) in [6.07, 6.45) is 0.751. The van der Waals surface area contributed by atoms with Gasteiger partial charge in [0.2, 0.25) is 0 Å². The molecule has 2 aromatic rings. The number of carbonyl (C=O) groups excluding carboxylic acids is 2. The van der Waals surface area contributed by atoms with Crippen LogP contribution >= 0.6 is 0 Å². The first-order chi connectivity index (χ1) is 16.9. The largest absolute Gasteiger partial charge is 0.507 e. The third kappa shape index (κ3) is 4.71. The van der Waals surface area contributed by atoms with Gasteiger partial charge in [-0.25, -0.2) is 0 Å². The lowest BCUT2D eigenvalue weighted by atomic mass is 9.94. The minimum atomic E-state index is -0.802. The zero-order valence-corrected chi connectivity index (χ0v) is 20.5. The Morgan fingerprint density at radius 1 is 1.09 bits per heavy atom. The fraction of sp³-hybridized carbons (Fsp3) is 0.407. The molecule has 0 saturated carbocycles. The van der Waals surface area contributed by atoms with Gasteiger partial charge in [-0.15, -0.1) is 0 Å². The van der Waals surface area contributed by atoms with E-state index in [1.807, 2.05) is 26.8 Å². The number of amides is 1. The van der Waals surface area contributed by atoms with E-state index in [-0.39, 0.29) is 30.6 Å². The van der Waals surface area contributed by atoms with E-state index >= 15 is 0 Å². The Labute approximate surface area is 205 Å². The van der Waals surface area contributed by atoms with Crippen LogP contribution in [0.25, 0.3) is 5.76 Å². The first-order valence-corrected chi connectivity index (χ1v) is 11.9. The van der Waals surface area contributed by atoms with Crippen LogP contribution < -0.4 is 14.2 Å². The summed E-state index contributed by atoms with van der Waals surface area (Å²) < 4.78 is 22.4. The van der Waals surface area contributed by atoms with Crippen molar-refractivity contribution < 1.29 is 33.6 Å². The van der Waals surface area contributed by atoms with Crippen molar-refractivity contribution in [2.75, 3.05) is 33.5 Å². The molecule has 0 spiro atoms. The van der Waals surface area contributed by atoms with Crippen LogP contribution in [0.1, 0.15) is 43.5 Å². The molecule has 1 N–H and O–H groups in total. The maximum atomic E-state index is 13.2. The van der Waals surface area contributed by atoms with Gasteiger partial charge in [0.15, 0.2) is 11.5 Å². The van der Waals surface area contributed by atoms with Gasteiger partial charge in [-0.05, 0) is 62.2 Å². The van der Waals surface area contributed by atoms with Crippen molar-refractivity contribution in [1.82, 2.24) is 4.90 Å². The minimum absolute atomic E-state index is 0.0321. The molecule has 1 saturated heterocycles. The van der Waals surface area contributed by atoms with Gasteiger partial charge in [-0.2, -0.15) is 0 Å². The van der Waals surface area contributed by atoms with Gasteiger partial charge in [-0.3, -0.25) is 9.59 Å². The highest BCUT2D eigenvalue weighted by Gasteiger charge is 2.46. The van der Waals surface area contributed by atoms with Crippen molar-refractivity contribution in [1.29, 1.82) is 0 Å². The van der Waals surface area contributed by atoms with Crippen LogP contribution in [0.15, 0.2) is 42.0 Å². The molecule has 2 aliphatic heterocycles. The van der Waals surface area contributed by atoms with E-state index in [0.29, 0.717) is 42.3 Å². The average Bonchev–Trinajstić information content (AvgIpc) is 3.34. The number of aliphatic hydroxyl groups excluding tert-OH is 1. The lowest BCUT2D eigenvalue weighted by molar-refractivity contribution is -0.140. The number of fused-ring (bicyclic) bond motifs is 1. The van der Waals surface area contributed by atoms with E-state index in [4.69, 9.17) is 18.9 Å². The fourth-order valence-corrected chi connectivity index (χ4v) is 4.61. The Morgan fingerprint density at radius 2 is 1.83 bits per heavy atom. The first kappa shape index (κ1) is 24.6. The quantitative estimate of drug-likeness (QED) is 0.330. The normalized spacial score (nSPS) is 20.6. The van der Waals surface area contributed by atoms with Crippen LogP contribution in [0.4, 0.5) is 0 Å². The van der Waals surface area contributed by atoms with Gasteiger partial charge in [-0.1, -0.05) is 6.07 Å². The number of carbonyl (C=O) groups is 2. The van der Waals surface area contributed by atoms with Crippen LogP contribution in [-0.4, -0.2) is 61.3 Å². The van der Waals surface area contributed by atoms with Gasteiger partial charge in [0.05, 0.1) is 31.4 Å². The van der Waals surface area contributed by atoms with Crippen LogP contribution in [0.2, 0.25) is 0 Å². The number of rotatable bonds is 9. The molecule has 2 aliphatic rings. The molecule has 1 fully saturated rings. The van der Waals surface area contributed by atoms with E-state index in [1.54, 1.807) is 30.3 Å². The van der Waals surface area contributed by atoms with E-state index in [2.05, 4.69) is 0 Å². The molecule has 186 valence electrons. The number of hydrogen-bond donors (Lipinski definition) is 1. The summed E-state index contributed by atoms with van der Waals surface area (Å²) in [5.74, 6) is 0.202. The number of ether oxygens (including phenoxy) is 4. The van der Waals surface area contributed by atoms with Crippen molar-refractivity contribution in [2.24, 2.45) is 0 Å². The van der Waals surface area contributed by atoms with Crippen molar-refractivity contribution in [3.05, 3.63) is 58.7 Å². The first-order valence-electron chi connectivity index (χ1n) is 11.9. The van der Waals surface area contributed by atoms with Gasteiger partial charge >= 0.3 is 0 Å². The molecule has 2 heterocycles. The van der Waals surface area contributed by atoms with E-state index < -0.39 is 17.7 Å².